The van der Waals surface area contributed by atoms with Crippen LogP contribution in [0.3, 0.4) is 0 Å². The van der Waals surface area contributed by atoms with Crippen molar-refractivity contribution in [3.63, 3.8) is 0 Å². The highest BCUT2D eigenvalue weighted by atomic mass is 16.5. The van der Waals surface area contributed by atoms with Gasteiger partial charge in [0.25, 0.3) is 11.7 Å². The standard InChI is InChI=1S/C25H30N2O5/c1-16-10-12-17(13-11-16)22(28)20-21(18-8-6-9-19(31-4)24(18)32-5)27(25(30)23(20)29)15-7-14-26(2)3/h6,8-13,21,28H,7,14-15H2,1-5H3/t21-/m0/s1. The van der Waals surface area contributed by atoms with Crippen molar-refractivity contribution in [1.82, 2.24) is 9.80 Å². The molecule has 1 saturated heterocycles. The van der Waals surface area contributed by atoms with Gasteiger partial charge in [-0.2, -0.15) is 0 Å². The number of carbonyl (C=O) groups excluding carboxylic acids is 2. The molecule has 0 spiro atoms. The van der Waals surface area contributed by atoms with Crippen LogP contribution >= 0.6 is 0 Å². The molecule has 1 amide bonds. The molecule has 0 unspecified atom stereocenters. The first-order chi connectivity index (χ1) is 15.3. The van der Waals surface area contributed by atoms with E-state index in [1.54, 1.807) is 30.3 Å². The molecule has 1 aliphatic rings. The van der Waals surface area contributed by atoms with Crippen LogP contribution in [0.15, 0.2) is 48.0 Å². The van der Waals surface area contributed by atoms with Crippen molar-refractivity contribution < 1.29 is 24.2 Å². The molecule has 7 nitrogen and oxygen atoms in total. The van der Waals surface area contributed by atoms with Gasteiger partial charge in [0.2, 0.25) is 0 Å². The van der Waals surface area contributed by atoms with E-state index in [-0.39, 0.29) is 11.3 Å². The molecule has 0 saturated carbocycles. The zero-order valence-electron chi connectivity index (χ0n) is 19.2. The van der Waals surface area contributed by atoms with Crippen LogP contribution in [-0.2, 0) is 9.59 Å². The maximum atomic E-state index is 13.1. The first kappa shape index (κ1) is 23.3. The highest BCUT2D eigenvalue weighted by Crippen LogP contribution is 2.45. The van der Waals surface area contributed by atoms with E-state index in [1.807, 2.05) is 38.1 Å². The van der Waals surface area contributed by atoms with E-state index < -0.39 is 17.7 Å². The Morgan fingerprint density at radius 2 is 1.75 bits per heavy atom. The van der Waals surface area contributed by atoms with Crippen LogP contribution in [0.2, 0.25) is 0 Å². The summed E-state index contributed by atoms with van der Waals surface area (Å²) in [4.78, 5) is 29.7. The molecule has 0 aliphatic carbocycles. The SMILES string of the molecule is COc1cccc([C@H]2C(=C(O)c3ccc(C)cc3)C(=O)C(=O)N2CCCN(C)C)c1OC. The van der Waals surface area contributed by atoms with Gasteiger partial charge in [0.1, 0.15) is 5.76 Å². The zero-order chi connectivity index (χ0) is 23.4. The van der Waals surface area contributed by atoms with Crippen LogP contribution in [-0.4, -0.2) is 68.0 Å². The first-order valence-electron chi connectivity index (χ1n) is 10.5. The van der Waals surface area contributed by atoms with Crippen molar-refractivity contribution in [1.29, 1.82) is 0 Å². The minimum Gasteiger partial charge on any atom is -0.507 e. The minimum absolute atomic E-state index is 0.0512. The van der Waals surface area contributed by atoms with Gasteiger partial charge in [0.05, 0.1) is 25.8 Å². The molecule has 0 bridgehead atoms. The molecule has 0 radical (unpaired) electrons. The third kappa shape index (κ3) is 4.48. The van der Waals surface area contributed by atoms with E-state index in [1.165, 1.54) is 19.1 Å². The Morgan fingerprint density at radius 1 is 1.06 bits per heavy atom. The average molecular weight is 439 g/mol. The number of para-hydroxylation sites is 1. The van der Waals surface area contributed by atoms with E-state index in [4.69, 9.17) is 9.47 Å². The number of aliphatic hydroxyl groups excluding tert-OH is 1. The van der Waals surface area contributed by atoms with Gasteiger partial charge < -0.3 is 24.4 Å². The molecular formula is C25H30N2O5. The predicted octanol–water partition coefficient (Wildman–Crippen LogP) is 3.39. The monoisotopic (exact) mass is 438 g/mol. The summed E-state index contributed by atoms with van der Waals surface area (Å²) in [7, 11) is 6.95. The van der Waals surface area contributed by atoms with Gasteiger partial charge >= 0.3 is 0 Å². The molecule has 0 aromatic heterocycles. The van der Waals surface area contributed by atoms with Crippen molar-refractivity contribution in [2.24, 2.45) is 0 Å². The number of carbonyl (C=O) groups is 2. The van der Waals surface area contributed by atoms with Gasteiger partial charge in [-0.1, -0.05) is 42.0 Å². The highest BCUT2D eigenvalue weighted by molar-refractivity contribution is 6.46. The van der Waals surface area contributed by atoms with Crippen molar-refractivity contribution >= 4 is 17.4 Å². The Hall–Kier alpha value is -3.32. The van der Waals surface area contributed by atoms with Crippen LogP contribution in [0.4, 0.5) is 0 Å². The molecule has 170 valence electrons. The average Bonchev–Trinajstić information content (AvgIpc) is 3.03. The quantitative estimate of drug-likeness (QED) is 0.387. The normalized spacial score (nSPS) is 17.8. The smallest absolute Gasteiger partial charge is 0.295 e. The molecule has 3 rings (SSSR count). The topological polar surface area (TPSA) is 79.3 Å². The number of Topliss-reactive ketones (excluding diaryl/α,β-unsaturated/α-hetero) is 1. The number of aryl methyl sites for hydroxylation is 1. The third-order valence-electron chi connectivity index (χ3n) is 5.60. The van der Waals surface area contributed by atoms with Crippen molar-refractivity contribution in [3.05, 3.63) is 64.7 Å². The maximum absolute atomic E-state index is 13.1. The molecule has 1 N–H and O–H groups in total. The Bertz CT molecular complexity index is 1030. The number of ketones is 1. The fourth-order valence-electron chi connectivity index (χ4n) is 3.99. The van der Waals surface area contributed by atoms with Crippen LogP contribution in [0.1, 0.15) is 29.2 Å². The van der Waals surface area contributed by atoms with Crippen molar-refractivity contribution in [2.75, 3.05) is 41.4 Å². The fourth-order valence-corrected chi connectivity index (χ4v) is 3.99. The number of nitrogens with zero attached hydrogens (tertiary/aromatic N) is 2. The molecule has 2 aromatic carbocycles. The number of amides is 1. The molecule has 2 aromatic rings. The van der Waals surface area contributed by atoms with Crippen LogP contribution in [0.25, 0.3) is 5.76 Å². The van der Waals surface area contributed by atoms with E-state index in [9.17, 15) is 14.7 Å². The molecule has 32 heavy (non-hydrogen) atoms. The fraction of sp³-hybridized carbons (Fsp3) is 0.360. The van der Waals surface area contributed by atoms with Gasteiger partial charge in [0, 0.05) is 17.7 Å². The number of aliphatic hydroxyl groups is 1. The predicted molar refractivity (Wildman–Crippen MR) is 123 cm³/mol. The molecular weight excluding hydrogens is 408 g/mol. The summed E-state index contributed by atoms with van der Waals surface area (Å²) in [5.41, 5.74) is 2.14. The van der Waals surface area contributed by atoms with E-state index in [0.29, 0.717) is 35.6 Å². The van der Waals surface area contributed by atoms with E-state index in [2.05, 4.69) is 0 Å². The summed E-state index contributed by atoms with van der Waals surface area (Å²) in [5.74, 6) is -0.628. The number of likely N-dealkylation sites (tertiary alicyclic amines) is 1. The van der Waals surface area contributed by atoms with Gasteiger partial charge in [0.15, 0.2) is 11.5 Å². The summed E-state index contributed by atoms with van der Waals surface area (Å²) in [6.07, 6.45) is 0.674. The van der Waals surface area contributed by atoms with Crippen LogP contribution < -0.4 is 9.47 Å². The summed E-state index contributed by atoms with van der Waals surface area (Å²) >= 11 is 0. The zero-order valence-corrected chi connectivity index (χ0v) is 19.2. The van der Waals surface area contributed by atoms with Crippen molar-refractivity contribution in [3.8, 4) is 11.5 Å². The summed E-state index contributed by atoms with van der Waals surface area (Å²) < 4.78 is 11.0. The Balaban J connectivity index is 2.19. The molecule has 1 atom stereocenters. The maximum Gasteiger partial charge on any atom is 0.295 e. The number of hydrogen-bond acceptors (Lipinski definition) is 6. The van der Waals surface area contributed by atoms with Gasteiger partial charge in [-0.25, -0.2) is 0 Å². The number of hydrogen-bond donors (Lipinski definition) is 1. The lowest BCUT2D eigenvalue weighted by atomic mass is 9.94. The lowest BCUT2D eigenvalue weighted by Gasteiger charge is -2.27. The number of benzene rings is 2. The Morgan fingerprint density at radius 3 is 2.34 bits per heavy atom. The minimum atomic E-state index is -0.788. The Kier molecular flexibility index (Phi) is 7.20. The molecule has 1 heterocycles. The number of methoxy groups -OCH3 is 2. The summed E-state index contributed by atoms with van der Waals surface area (Å²) in [6.45, 7) is 3.05. The van der Waals surface area contributed by atoms with E-state index in [0.717, 1.165) is 12.1 Å². The molecule has 7 heteroatoms. The lowest BCUT2D eigenvalue weighted by Crippen LogP contribution is -2.32. The van der Waals surface area contributed by atoms with Gasteiger partial charge in [-0.15, -0.1) is 0 Å². The van der Waals surface area contributed by atoms with Crippen LogP contribution in [0.5, 0.6) is 11.5 Å². The van der Waals surface area contributed by atoms with Gasteiger partial charge in [-0.05, 0) is 40.1 Å². The third-order valence-corrected chi connectivity index (χ3v) is 5.60. The highest BCUT2D eigenvalue weighted by Gasteiger charge is 2.47. The molecule has 1 fully saturated rings. The Labute approximate surface area is 188 Å². The second kappa shape index (κ2) is 9.87. The second-order valence-corrected chi connectivity index (χ2v) is 8.10. The second-order valence-electron chi connectivity index (χ2n) is 8.10. The van der Waals surface area contributed by atoms with Crippen LogP contribution in [0, 0.1) is 6.92 Å². The summed E-state index contributed by atoms with van der Waals surface area (Å²) in [6, 6.07) is 11.7. The lowest BCUT2D eigenvalue weighted by molar-refractivity contribution is -0.140. The molecule has 1 aliphatic heterocycles. The van der Waals surface area contributed by atoms with Gasteiger partial charge in [-0.3, -0.25) is 9.59 Å². The van der Waals surface area contributed by atoms with E-state index >= 15 is 0 Å². The number of rotatable bonds is 8. The largest absolute Gasteiger partial charge is 0.507 e. The van der Waals surface area contributed by atoms with Crippen molar-refractivity contribution in [2.45, 2.75) is 19.4 Å². The first-order valence-corrected chi connectivity index (χ1v) is 10.5. The number of ether oxygens (including phenoxy) is 2. The summed E-state index contributed by atoms with van der Waals surface area (Å²) in [5, 5.41) is 11.2.